The number of ether oxygens (including phenoxy) is 2. The van der Waals surface area contributed by atoms with Crippen LogP contribution in [0.4, 0.5) is 4.79 Å². The number of nitrogens with one attached hydrogen (secondary N) is 1. The average Bonchev–Trinajstić information content (AvgIpc) is 2.57. The molecule has 1 aromatic carbocycles. The lowest BCUT2D eigenvalue weighted by atomic mass is 10.2. The van der Waals surface area contributed by atoms with Crippen molar-refractivity contribution in [3.8, 4) is 0 Å². The number of hydrogen-bond acceptors (Lipinski definition) is 5. The van der Waals surface area contributed by atoms with E-state index in [0.29, 0.717) is 6.42 Å². The molecule has 0 saturated heterocycles. The zero-order valence-corrected chi connectivity index (χ0v) is 13.6. The van der Waals surface area contributed by atoms with E-state index in [1.165, 1.54) is 19.1 Å². The lowest BCUT2D eigenvalue weighted by Crippen LogP contribution is -2.48. The maximum Gasteiger partial charge on any atom is 0.408 e. The van der Waals surface area contributed by atoms with E-state index in [1.54, 1.807) is 6.92 Å². The Bertz CT molecular complexity index is 533. The summed E-state index contributed by atoms with van der Waals surface area (Å²) in [5.41, 5.74) is 0.852. The normalized spacial score (nSPS) is 11.3. The molecular formula is C16H22N2O5. The van der Waals surface area contributed by atoms with Crippen molar-refractivity contribution in [1.29, 1.82) is 0 Å². The zero-order valence-electron chi connectivity index (χ0n) is 13.6. The van der Waals surface area contributed by atoms with Gasteiger partial charge in [-0.05, 0) is 12.0 Å². The van der Waals surface area contributed by atoms with Crippen LogP contribution in [0.15, 0.2) is 30.3 Å². The molecule has 0 aliphatic heterocycles. The average molecular weight is 322 g/mol. The second-order valence-corrected chi connectivity index (χ2v) is 4.94. The number of nitrogens with zero attached hydrogens (tertiary/aromatic N) is 1. The molecular weight excluding hydrogens is 300 g/mol. The Morgan fingerprint density at radius 3 is 2.43 bits per heavy atom. The van der Waals surface area contributed by atoms with Crippen molar-refractivity contribution in [2.45, 2.75) is 26.0 Å². The minimum absolute atomic E-state index is 0.120. The highest BCUT2D eigenvalue weighted by molar-refractivity contribution is 5.88. The topological polar surface area (TPSA) is 84.9 Å². The van der Waals surface area contributed by atoms with E-state index in [0.717, 1.165) is 5.56 Å². The van der Waals surface area contributed by atoms with Crippen molar-refractivity contribution in [1.82, 2.24) is 10.2 Å². The molecule has 2 amide bonds. The van der Waals surface area contributed by atoms with Crippen LogP contribution in [0.5, 0.6) is 0 Å². The standard InChI is InChI=1S/C16H22N2O5/c1-4-13(15(20)18(2)10-14(19)22-3)17-16(21)23-11-12-8-6-5-7-9-12/h5-9,13H,4,10-11H2,1-3H3,(H,17,21)/t13-/m1/s1. The van der Waals surface area contributed by atoms with Gasteiger partial charge in [0.25, 0.3) is 0 Å². The fourth-order valence-corrected chi connectivity index (χ4v) is 1.85. The summed E-state index contributed by atoms with van der Waals surface area (Å²) in [7, 11) is 2.72. The molecule has 0 heterocycles. The van der Waals surface area contributed by atoms with Crippen LogP contribution in [0.3, 0.4) is 0 Å². The molecule has 0 bridgehead atoms. The molecule has 1 aromatic rings. The van der Waals surface area contributed by atoms with Gasteiger partial charge in [-0.3, -0.25) is 9.59 Å². The number of carbonyl (C=O) groups excluding carboxylic acids is 3. The molecule has 0 fully saturated rings. The SMILES string of the molecule is CC[C@@H](NC(=O)OCc1ccccc1)C(=O)N(C)CC(=O)OC. The third kappa shape index (κ3) is 6.37. The smallest absolute Gasteiger partial charge is 0.408 e. The minimum atomic E-state index is -0.757. The van der Waals surface area contributed by atoms with Crippen molar-refractivity contribution in [3.63, 3.8) is 0 Å². The van der Waals surface area contributed by atoms with Crippen LogP contribution >= 0.6 is 0 Å². The fraction of sp³-hybridized carbons (Fsp3) is 0.438. The summed E-state index contributed by atoms with van der Waals surface area (Å²) in [5, 5.41) is 2.50. The number of benzene rings is 1. The molecule has 1 N–H and O–H groups in total. The molecule has 0 unspecified atom stereocenters. The van der Waals surface area contributed by atoms with Crippen molar-refractivity contribution in [2.24, 2.45) is 0 Å². The molecule has 0 aliphatic carbocycles. The fourth-order valence-electron chi connectivity index (χ4n) is 1.85. The molecule has 1 rings (SSSR count). The highest BCUT2D eigenvalue weighted by Crippen LogP contribution is 2.03. The van der Waals surface area contributed by atoms with E-state index < -0.39 is 18.1 Å². The van der Waals surface area contributed by atoms with Gasteiger partial charge in [-0.15, -0.1) is 0 Å². The van der Waals surface area contributed by atoms with Gasteiger partial charge in [0.05, 0.1) is 7.11 Å². The molecule has 23 heavy (non-hydrogen) atoms. The first-order valence-corrected chi connectivity index (χ1v) is 7.27. The van der Waals surface area contributed by atoms with Crippen LogP contribution < -0.4 is 5.32 Å². The molecule has 0 spiro atoms. The lowest BCUT2D eigenvalue weighted by molar-refractivity contribution is -0.146. The lowest BCUT2D eigenvalue weighted by Gasteiger charge is -2.22. The van der Waals surface area contributed by atoms with E-state index in [4.69, 9.17) is 4.74 Å². The molecule has 0 saturated carbocycles. The number of rotatable bonds is 7. The van der Waals surface area contributed by atoms with Gasteiger partial charge < -0.3 is 19.7 Å². The van der Waals surface area contributed by atoms with Gasteiger partial charge in [-0.2, -0.15) is 0 Å². The summed E-state index contributed by atoms with van der Waals surface area (Å²) in [6.07, 6.45) is -0.300. The van der Waals surface area contributed by atoms with Crippen molar-refractivity contribution in [3.05, 3.63) is 35.9 Å². The number of alkyl carbamates (subject to hydrolysis) is 1. The number of methoxy groups -OCH3 is 1. The van der Waals surface area contributed by atoms with Crippen LogP contribution in [0.25, 0.3) is 0 Å². The van der Waals surface area contributed by atoms with E-state index >= 15 is 0 Å². The molecule has 7 nitrogen and oxygen atoms in total. The zero-order chi connectivity index (χ0) is 17.2. The Hall–Kier alpha value is -2.57. The molecule has 0 aromatic heterocycles. The van der Waals surface area contributed by atoms with Crippen LogP contribution in [0.1, 0.15) is 18.9 Å². The maximum absolute atomic E-state index is 12.2. The monoisotopic (exact) mass is 322 g/mol. The Morgan fingerprint density at radius 2 is 1.87 bits per heavy atom. The van der Waals surface area contributed by atoms with Crippen molar-refractivity contribution >= 4 is 18.0 Å². The van der Waals surface area contributed by atoms with Crippen LogP contribution in [-0.4, -0.2) is 49.6 Å². The predicted octanol–water partition coefficient (Wildman–Crippen LogP) is 1.32. The van der Waals surface area contributed by atoms with E-state index in [9.17, 15) is 14.4 Å². The van der Waals surface area contributed by atoms with Gasteiger partial charge >= 0.3 is 12.1 Å². The van der Waals surface area contributed by atoms with Crippen LogP contribution in [-0.2, 0) is 25.7 Å². The second kappa shape index (κ2) is 9.45. The minimum Gasteiger partial charge on any atom is -0.468 e. The third-order valence-electron chi connectivity index (χ3n) is 3.18. The first-order valence-electron chi connectivity index (χ1n) is 7.27. The summed E-state index contributed by atoms with van der Waals surface area (Å²) >= 11 is 0. The largest absolute Gasteiger partial charge is 0.468 e. The number of esters is 1. The number of hydrogen-bond donors (Lipinski definition) is 1. The van der Waals surface area contributed by atoms with Crippen molar-refractivity contribution < 1.29 is 23.9 Å². The molecule has 0 aliphatic rings. The summed E-state index contributed by atoms with van der Waals surface area (Å²) in [6.45, 7) is 1.70. The summed E-state index contributed by atoms with van der Waals surface area (Å²) in [5.74, 6) is -0.906. The first-order chi connectivity index (χ1) is 11.0. The Kier molecular flexibility index (Phi) is 7.59. The van der Waals surface area contributed by atoms with Crippen LogP contribution in [0.2, 0.25) is 0 Å². The van der Waals surface area contributed by atoms with E-state index in [1.807, 2.05) is 30.3 Å². The summed E-state index contributed by atoms with van der Waals surface area (Å²) in [6, 6.07) is 8.47. The Labute approximate surface area is 135 Å². The Balaban J connectivity index is 2.49. The number of carbonyl (C=O) groups is 3. The quantitative estimate of drug-likeness (QED) is 0.765. The van der Waals surface area contributed by atoms with E-state index in [-0.39, 0.29) is 19.1 Å². The Morgan fingerprint density at radius 1 is 1.22 bits per heavy atom. The van der Waals surface area contributed by atoms with Crippen molar-refractivity contribution in [2.75, 3.05) is 20.7 Å². The van der Waals surface area contributed by atoms with E-state index in [2.05, 4.69) is 10.1 Å². The highest BCUT2D eigenvalue weighted by Gasteiger charge is 2.24. The third-order valence-corrected chi connectivity index (χ3v) is 3.18. The van der Waals surface area contributed by atoms with Gasteiger partial charge in [0, 0.05) is 7.05 Å². The van der Waals surface area contributed by atoms with Gasteiger partial charge in [0.15, 0.2) is 0 Å². The highest BCUT2D eigenvalue weighted by atomic mass is 16.5. The summed E-state index contributed by atoms with van der Waals surface area (Å²) < 4.78 is 9.59. The van der Waals surface area contributed by atoms with Gasteiger partial charge in [-0.1, -0.05) is 37.3 Å². The van der Waals surface area contributed by atoms with Gasteiger partial charge in [0.2, 0.25) is 5.91 Å². The van der Waals surface area contributed by atoms with Gasteiger partial charge in [-0.25, -0.2) is 4.79 Å². The van der Waals surface area contributed by atoms with Gasteiger partial charge in [0.1, 0.15) is 19.2 Å². The number of likely N-dealkylation sites (N-methyl/N-ethyl adjacent to an activating group) is 1. The molecule has 126 valence electrons. The predicted molar refractivity (Wildman–Crippen MR) is 83.5 cm³/mol. The molecule has 7 heteroatoms. The molecule has 0 radical (unpaired) electrons. The molecule has 1 atom stereocenters. The van der Waals surface area contributed by atoms with Crippen LogP contribution in [0, 0.1) is 0 Å². The number of amides is 2. The second-order valence-electron chi connectivity index (χ2n) is 4.94. The first kappa shape index (κ1) is 18.5. The summed E-state index contributed by atoms with van der Waals surface area (Å²) in [4.78, 5) is 36.4. The maximum atomic E-state index is 12.2.